The van der Waals surface area contributed by atoms with Crippen LogP contribution in [0.15, 0.2) is 0 Å². The van der Waals surface area contributed by atoms with Crippen molar-refractivity contribution >= 4 is 0 Å². The molecule has 2 atom stereocenters. The SMILES string of the molecule is COCCC(C)(C)CN1CC(C2CCCCC2)NCC1C. The number of nitrogens with one attached hydrogen (secondary N) is 1. The molecular weight excluding hydrogens is 260 g/mol. The quantitative estimate of drug-likeness (QED) is 0.814. The highest BCUT2D eigenvalue weighted by atomic mass is 16.5. The Bertz CT molecular complexity index is 300. The van der Waals surface area contributed by atoms with Gasteiger partial charge < -0.3 is 10.1 Å². The lowest BCUT2D eigenvalue weighted by molar-refractivity contribution is 0.0552. The lowest BCUT2D eigenvalue weighted by Crippen LogP contribution is -2.59. The molecular formula is C18H36N2O. The van der Waals surface area contributed by atoms with Gasteiger partial charge in [-0.05, 0) is 37.5 Å². The van der Waals surface area contributed by atoms with Crippen molar-refractivity contribution < 1.29 is 4.74 Å². The van der Waals surface area contributed by atoms with Gasteiger partial charge in [0.05, 0.1) is 0 Å². The maximum absolute atomic E-state index is 5.28. The molecule has 2 fully saturated rings. The molecule has 21 heavy (non-hydrogen) atoms. The van der Waals surface area contributed by atoms with Gasteiger partial charge in [-0.1, -0.05) is 33.1 Å². The van der Waals surface area contributed by atoms with E-state index in [0.717, 1.165) is 31.5 Å². The highest BCUT2D eigenvalue weighted by Gasteiger charge is 2.33. The van der Waals surface area contributed by atoms with E-state index in [1.165, 1.54) is 45.2 Å². The van der Waals surface area contributed by atoms with Gasteiger partial charge in [-0.15, -0.1) is 0 Å². The molecule has 0 radical (unpaired) electrons. The Labute approximate surface area is 131 Å². The first-order chi connectivity index (χ1) is 10.0. The summed E-state index contributed by atoms with van der Waals surface area (Å²) in [7, 11) is 1.81. The Kier molecular flexibility index (Phi) is 6.51. The van der Waals surface area contributed by atoms with E-state index in [4.69, 9.17) is 4.74 Å². The molecule has 0 bridgehead atoms. The lowest BCUT2D eigenvalue weighted by Gasteiger charge is -2.45. The summed E-state index contributed by atoms with van der Waals surface area (Å²) in [4.78, 5) is 2.73. The third-order valence-electron chi connectivity index (χ3n) is 5.56. The fourth-order valence-electron chi connectivity index (χ4n) is 4.03. The number of rotatable bonds is 6. The fourth-order valence-corrected chi connectivity index (χ4v) is 4.03. The zero-order chi connectivity index (χ0) is 15.3. The van der Waals surface area contributed by atoms with E-state index in [2.05, 4.69) is 31.0 Å². The van der Waals surface area contributed by atoms with E-state index in [1.807, 2.05) is 7.11 Å². The minimum Gasteiger partial charge on any atom is -0.385 e. The molecule has 2 aliphatic rings. The van der Waals surface area contributed by atoms with Gasteiger partial charge in [0, 0.05) is 45.4 Å². The standard InChI is InChI=1S/C18H36N2O/c1-15-12-19-17(16-8-6-5-7-9-16)13-20(15)14-18(2,3)10-11-21-4/h15-17,19H,5-14H2,1-4H3. The van der Waals surface area contributed by atoms with Gasteiger partial charge in [-0.3, -0.25) is 4.90 Å². The van der Waals surface area contributed by atoms with Crippen LogP contribution in [0.4, 0.5) is 0 Å². The topological polar surface area (TPSA) is 24.5 Å². The zero-order valence-electron chi connectivity index (χ0n) is 14.7. The number of piperazine rings is 1. The van der Waals surface area contributed by atoms with Gasteiger partial charge in [0.25, 0.3) is 0 Å². The molecule has 0 aromatic rings. The van der Waals surface area contributed by atoms with E-state index in [9.17, 15) is 0 Å². The highest BCUT2D eigenvalue weighted by molar-refractivity contribution is 4.90. The van der Waals surface area contributed by atoms with Gasteiger partial charge in [0.1, 0.15) is 0 Å². The van der Waals surface area contributed by atoms with Crippen LogP contribution in [0, 0.1) is 11.3 Å². The number of ether oxygens (including phenoxy) is 1. The second-order valence-corrected chi connectivity index (χ2v) is 8.10. The Morgan fingerprint density at radius 3 is 2.57 bits per heavy atom. The first-order valence-corrected chi connectivity index (χ1v) is 8.98. The van der Waals surface area contributed by atoms with Crippen molar-refractivity contribution in [2.24, 2.45) is 11.3 Å². The van der Waals surface area contributed by atoms with Crippen molar-refractivity contribution in [3.8, 4) is 0 Å². The van der Waals surface area contributed by atoms with E-state index in [0.29, 0.717) is 11.5 Å². The summed E-state index contributed by atoms with van der Waals surface area (Å²) in [6, 6.07) is 1.38. The van der Waals surface area contributed by atoms with Gasteiger partial charge in [-0.2, -0.15) is 0 Å². The van der Waals surface area contributed by atoms with Crippen LogP contribution in [-0.2, 0) is 4.74 Å². The van der Waals surface area contributed by atoms with Crippen LogP contribution in [0.1, 0.15) is 59.3 Å². The van der Waals surface area contributed by atoms with E-state index in [-0.39, 0.29) is 0 Å². The van der Waals surface area contributed by atoms with Gasteiger partial charge in [0.2, 0.25) is 0 Å². The van der Waals surface area contributed by atoms with Crippen LogP contribution in [0.3, 0.4) is 0 Å². The monoisotopic (exact) mass is 296 g/mol. The van der Waals surface area contributed by atoms with Gasteiger partial charge in [0.15, 0.2) is 0 Å². The van der Waals surface area contributed by atoms with E-state index < -0.39 is 0 Å². The summed E-state index contributed by atoms with van der Waals surface area (Å²) in [5, 5.41) is 3.83. The fraction of sp³-hybridized carbons (Fsp3) is 1.00. The second-order valence-electron chi connectivity index (χ2n) is 8.10. The summed E-state index contributed by atoms with van der Waals surface area (Å²) in [6.45, 7) is 11.6. The third kappa shape index (κ3) is 5.22. The Morgan fingerprint density at radius 1 is 1.19 bits per heavy atom. The third-order valence-corrected chi connectivity index (χ3v) is 5.56. The van der Waals surface area contributed by atoms with E-state index in [1.54, 1.807) is 0 Å². The van der Waals surface area contributed by atoms with Gasteiger partial charge in [-0.25, -0.2) is 0 Å². The molecule has 0 aromatic heterocycles. The van der Waals surface area contributed by atoms with E-state index >= 15 is 0 Å². The van der Waals surface area contributed by atoms with Crippen LogP contribution in [0.5, 0.6) is 0 Å². The van der Waals surface area contributed by atoms with Crippen molar-refractivity contribution in [1.82, 2.24) is 10.2 Å². The summed E-state index contributed by atoms with van der Waals surface area (Å²) in [6.07, 6.45) is 8.36. The lowest BCUT2D eigenvalue weighted by atomic mass is 9.82. The molecule has 1 saturated heterocycles. The predicted molar refractivity (Wildman–Crippen MR) is 89.7 cm³/mol. The predicted octanol–water partition coefficient (Wildman–Crippen LogP) is 3.29. The van der Waals surface area contributed by atoms with Crippen molar-refractivity contribution in [2.45, 2.75) is 71.4 Å². The Balaban J connectivity index is 1.88. The Morgan fingerprint density at radius 2 is 1.90 bits per heavy atom. The highest BCUT2D eigenvalue weighted by Crippen LogP contribution is 2.30. The minimum atomic E-state index is 0.346. The summed E-state index contributed by atoms with van der Waals surface area (Å²) in [5.41, 5.74) is 0.346. The molecule has 0 amide bonds. The molecule has 0 spiro atoms. The molecule has 1 heterocycles. The molecule has 2 rings (SSSR count). The average molecular weight is 296 g/mol. The molecule has 2 unspecified atom stereocenters. The molecule has 3 heteroatoms. The summed E-state index contributed by atoms with van der Waals surface area (Å²) in [5.74, 6) is 0.913. The largest absolute Gasteiger partial charge is 0.385 e. The smallest absolute Gasteiger partial charge is 0.0467 e. The van der Waals surface area contributed by atoms with Crippen molar-refractivity contribution in [3.63, 3.8) is 0 Å². The minimum absolute atomic E-state index is 0.346. The normalized spacial score (nSPS) is 29.7. The van der Waals surface area contributed by atoms with Crippen LogP contribution >= 0.6 is 0 Å². The molecule has 0 aromatic carbocycles. The maximum atomic E-state index is 5.28. The molecule has 3 nitrogen and oxygen atoms in total. The number of nitrogens with zero attached hydrogens (tertiary/aromatic N) is 1. The second kappa shape index (κ2) is 7.94. The van der Waals surface area contributed by atoms with Crippen LogP contribution in [0.25, 0.3) is 0 Å². The van der Waals surface area contributed by atoms with Crippen molar-refractivity contribution in [1.29, 1.82) is 0 Å². The molecule has 1 aliphatic heterocycles. The number of hydrogen-bond donors (Lipinski definition) is 1. The molecule has 124 valence electrons. The first-order valence-electron chi connectivity index (χ1n) is 8.98. The summed E-state index contributed by atoms with van der Waals surface area (Å²) >= 11 is 0. The van der Waals surface area contributed by atoms with Crippen LogP contribution in [-0.4, -0.2) is 50.3 Å². The zero-order valence-corrected chi connectivity index (χ0v) is 14.7. The number of methoxy groups -OCH3 is 1. The first kappa shape index (κ1) is 17.2. The number of hydrogen-bond acceptors (Lipinski definition) is 3. The van der Waals surface area contributed by atoms with Crippen LogP contribution < -0.4 is 5.32 Å². The van der Waals surface area contributed by atoms with Crippen molar-refractivity contribution in [2.75, 3.05) is 33.4 Å². The Hall–Kier alpha value is -0.120. The van der Waals surface area contributed by atoms with Crippen LogP contribution in [0.2, 0.25) is 0 Å². The molecule has 1 saturated carbocycles. The molecule has 1 aliphatic carbocycles. The maximum Gasteiger partial charge on any atom is 0.0467 e. The van der Waals surface area contributed by atoms with Gasteiger partial charge >= 0.3 is 0 Å². The summed E-state index contributed by atoms with van der Waals surface area (Å²) < 4.78 is 5.28. The van der Waals surface area contributed by atoms with Crippen molar-refractivity contribution in [3.05, 3.63) is 0 Å². The molecule has 1 N–H and O–H groups in total. The average Bonchev–Trinajstić information content (AvgIpc) is 2.48.